The monoisotopic (exact) mass is 425 g/mol. The molecule has 0 radical (unpaired) electrons. The highest BCUT2D eigenvalue weighted by Gasteiger charge is 2.20. The Morgan fingerprint density at radius 2 is 1.81 bits per heavy atom. The Hall–Kier alpha value is -4.00. The van der Waals surface area contributed by atoms with Gasteiger partial charge in [0.05, 0.1) is 17.3 Å². The molecule has 0 fully saturated rings. The highest BCUT2D eigenvalue weighted by atomic mass is 16.2. The highest BCUT2D eigenvalue weighted by molar-refractivity contribution is 5.94. The number of aryl methyl sites for hydroxylation is 2. The molecule has 4 heterocycles. The third kappa shape index (κ3) is 3.62. The van der Waals surface area contributed by atoms with E-state index in [4.69, 9.17) is 0 Å². The number of rotatable bonds is 3. The molecule has 0 atom stereocenters. The number of pyridine rings is 2. The summed E-state index contributed by atoms with van der Waals surface area (Å²) in [7, 11) is 3.59. The molecule has 0 spiro atoms. The summed E-state index contributed by atoms with van der Waals surface area (Å²) in [4.78, 5) is 30.8. The first-order valence-corrected chi connectivity index (χ1v) is 10.5. The van der Waals surface area contributed by atoms with E-state index in [9.17, 15) is 9.59 Å². The van der Waals surface area contributed by atoms with Gasteiger partial charge < -0.3 is 9.47 Å². The van der Waals surface area contributed by atoms with Crippen LogP contribution in [-0.2, 0) is 14.1 Å². The number of carbonyl (C=O) groups is 1. The molecule has 0 saturated heterocycles. The summed E-state index contributed by atoms with van der Waals surface area (Å²) in [5.41, 5.74) is 5.83. The van der Waals surface area contributed by atoms with E-state index in [-0.39, 0.29) is 11.5 Å². The van der Waals surface area contributed by atoms with Crippen molar-refractivity contribution in [3.05, 3.63) is 88.7 Å². The largest absolute Gasteiger partial charge is 0.334 e. The number of hydrogen-bond donors (Lipinski definition) is 0. The quantitative estimate of drug-likeness (QED) is 0.505. The maximum atomic E-state index is 12.7. The second-order valence-corrected chi connectivity index (χ2v) is 8.10. The molecule has 5 rings (SSSR count). The number of amides is 1. The molecule has 1 aliphatic rings. The fourth-order valence-electron chi connectivity index (χ4n) is 4.17. The third-order valence-electron chi connectivity index (χ3n) is 6.02. The summed E-state index contributed by atoms with van der Waals surface area (Å²) in [5.74, 6) is 0.00541. The standard InChI is InChI=1S/C25H23N5O2/c1-28-16-22(15-27-28)25(32)30-9-7-17(8-10-30)20-12-21(14-26-13-20)18-3-5-23-19(11-18)4-6-24(31)29(23)2/h3-7,11-16H,8-10H2,1-2H3. The van der Waals surface area contributed by atoms with Gasteiger partial charge in [0.25, 0.3) is 11.5 Å². The molecule has 1 aromatic carbocycles. The lowest BCUT2D eigenvalue weighted by Crippen LogP contribution is -2.34. The van der Waals surface area contributed by atoms with Gasteiger partial charge in [-0.2, -0.15) is 5.10 Å². The fourth-order valence-corrected chi connectivity index (χ4v) is 4.17. The van der Waals surface area contributed by atoms with E-state index in [1.54, 1.807) is 34.8 Å². The van der Waals surface area contributed by atoms with Crippen molar-refractivity contribution in [2.75, 3.05) is 13.1 Å². The summed E-state index contributed by atoms with van der Waals surface area (Å²) < 4.78 is 3.29. The molecule has 7 heteroatoms. The summed E-state index contributed by atoms with van der Waals surface area (Å²) in [6, 6.07) is 11.7. The van der Waals surface area contributed by atoms with E-state index in [1.165, 1.54) is 5.57 Å². The van der Waals surface area contributed by atoms with Crippen molar-refractivity contribution in [1.82, 2.24) is 24.2 Å². The summed E-state index contributed by atoms with van der Waals surface area (Å²) in [6.45, 7) is 1.23. The van der Waals surface area contributed by atoms with E-state index in [2.05, 4.69) is 28.3 Å². The van der Waals surface area contributed by atoms with Crippen LogP contribution in [-0.4, -0.2) is 43.2 Å². The zero-order valence-electron chi connectivity index (χ0n) is 18.0. The Morgan fingerprint density at radius 1 is 0.969 bits per heavy atom. The Kier molecular flexibility index (Phi) is 4.93. The molecule has 0 bridgehead atoms. The van der Waals surface area contributed by atoms with E-state index in [1.807, 2.05) is 42.5 Å². The van der Waals surface area contributed by atoms with Gasteiger partial charge in [-0.15, -0.1) is 0 Å². The molecule has 0 N–H and O–H groups in total. The molecule has 0 saturated carbocycles. The van der Waals surface area contributed by atoms with Crippen molar-refractivity contribution in [2.24, 2.45) is 14.1 Å². The molecule has 1 aliphatic heterocycles. The molecule has 0 aliphatic carbocycles. The first-order chi connectivity index (χ1) is 15.5. The molecule has 160 valence electrons. The number of carbonyl (C=O) groups excluding carboxylic acids is 1. The molecule has 4 aromatic rings. The molecule has 0 unspecified atom stereocenters. The van der Waals surface area contributed by atoms with Gasteiger partial charge in [-0.3, -0.25) is 19.3 Å². The fraction of sp³-hybridized carbons (Fsp3) is 0.200. The van der Waals surface area contributed by atoms with Gasteiger partial charge in [-0.05, 0) is 52.8 Å². The lowest BCUT2D eigenvalue weighted by Gasteiger charge is -2.26. The first kappa shape index (κ1) is 19.9. The minimum absolute atomic E-state index is 0.00541. The molecule has 3 aromatic heterocycles. The predicted octanol–water partition coefficient (Wildman–Crippen LogP) is 3.26. The van der Waals surface area contributed by atoms with E-state index in [0.717, 1.165) is 34.0 Å². The van der Waals surface area contributed by atoms with Gasteiger partial charge in [-0.25, -0.2) is 0 Å². The smallest absolute Gasteiger partial charge is 0.257 e. The third-order valence-corrected chi connectivity index (χ3v) is 6.02. The minimum Gasteiger partial charge on any atom is -0.334 e. The number of benzene rings is 1. The number of nitrogens with zero attached hydrogens (tertiary/aromatic N) is 5. The molecule has 7 nitrogen and oxygen atoms in total. The van der Waals surface area contributed by atoms with Crippen LogP contribution < -0.4 is 5.56 Å². The van der Waals surface area contributed by atoms with Crippen molar-refractivity contribution in [2.45, 2.75) is 6.42 Å². The van der Waals surface area contributed by atoms with Crippen molar-refractivity contribution < 1.29 is 4.79 Å². The Bertz CT molecular complexity index is 1430. The minimum atomic E-state index is -0.0193. The van der Waals surface area contributed by atoms with E-state index >= 15 is 0 Å². The predicted molar refractivity (Wildman–Crippen MR) is 124 cm³/mol. The van der Waals surface area contributed by atoms with Crippen LogP contribution in [0.3, 0.4) is 0 Å². The molecule has 32 heavy (non-hydrogen) atoms. The van der Waals surface area contributed by atoms with Gasteiger partial charge in [0.1, 0.15) is 0 Å². The van der Waals surface area contributed by atoms with E-state index in [0.29, 0.717) is 18.7 Å². The van der Waals surface area contributed by atoms with Crippen LogP contribution in [0.15, 0.2) is 72.1 Å². The van der Waals surface area contributed by atoms with Crippen molar-refractivity contribution in [3.63, 3.8) is 0 Å². The summed E-state index contributed by atoms with van der Waals surface area (Å²) >= 11 is 0. The van der Waals surface area contributed by atoms with Crippen LogP contribution >= 0.6 is 0 Å². The zero-order valence-corrected chi connectivity index (χ0v) is 18.0. The van der Waals surface area contributed by atoms with Crippen molar-refractivity contribution >= 4 is 22.4 Å². The average molecular weight is 425 g/mol. The van der Waals surface area contributed by atoms with Crippen LogP contribution in [0.1, 0.15) is 22.3 Å². The first-order valence-electron chi connectivity index (χ1n) is 10.5. The van der Waals surface area contributed by atoms with Crippen molar-refractivity contribution in [1.29, 1.82) is 0 Å². The maximum Gasteiger partial charge on any atom is 0.257 e. The number of hydrogen-bond acceptors (Lipinski definition) is 4. The van der Waals surface area contributed by atoms with Gasteiger partial charge in [-0.1, -0.05) is 12.1 Å². The topological polar surface area (TPSA) is 73.0 Å². The molecule has 1 amide bonds. The Morgan fingerprint density at radius 3 is 2.56 bits per heavy atom. The SMILES string of the molecule is Cn1cc(C(=O)N2CC=C(c3cncc(-c4ccc5c(ccc(=O)n5C)c4)c3)CC2)cn1. The van der Waals surface area contributed by atoms with E-state index < -0.39 is 0 Å². The van der Waals surface area contributed by atoms with Crippen LogP contribution in [0.4, 0.5) is 0 Å². The lowest BCUT2D eigenvalue weighted by atomic mass is 9.97. The van der Waals surface area contributed by atoms with Gasteiger partial charge >= 0.3 is 0 Å². The number of fused-ring (bicyclic) bond motifs is 1. The zero-order chi connectivity index (χ0) is 22.2. The highest BCUT2D eigenvalue weighted by Crippen LogP contribution is 2.28. The van der Waals surface area contributed by atoms with Gasteiger partial charge in [0, 0.05) is 57.4 Å². The normalized spacial score (nSPS) is 13.9. The summed E-state index contributed by atoms with van der Waals surface area (Å²) in [6.07, 6.45) is 9.96. The van der Waals surface area contributed by atoms with Gasteiger partial charge in [0.15, 0.2) is 0 Å². The van der Waals surface area contributed by atoms with Crippen molar-refractivity contribution in [3.8, 4) is 11.1 Å². The van der Waals surface area contributed by atoms with Crippen LogP contribution in [0.25, 0.3) is 27.6 Å². The summed E-state index contributed by atoms with van der Waals surface area (Å²) in [5, 5.41) is 5.10. The Labute approximate surface area is 185 Å². The molecular weight excluding hydrogens is 402 g/mol. The van der Waals surface area contributed by atoms with Gasteiger partial charge in [0.2, 0.25) is 0 Å². The maximum absolute atomic E-state index is 12.7. The average Bonchev–Trinajstić information content (AvgIpc) is 3.27. The van der Waals surface area contributed by atoms with Crippen LogP contribution in [0.5, 0.6) is 0 Å². The second kappa shape index (κ2) is 7.92. The van der Waals surface area contributed by atoms with Crippen LogP contribution in [0, 0.1) is 0 Å². The Balaban J connectivity index is 1.39. The molecular formula is C25H23N5O2. The number of aromatic nitrogens is 4. The lowest BCUT2D eigenvalue weighted by molar-refractivity contribution is 0.0773. The second-order valence-electron chi connectivity index (χ2n) is 8.10. The van der Waals surface area contributed by atoms with Crippen LogP contribution in [0.2, 0.25) is 0 Å².